The minimum Gasteiger partial charge on any atom is -0.399 e. The Morgan fingerprint density at radius 3 is 2.52 bits per heavy atom. The largest absolute Gasteiger partial charge is 0.399 e. The van der Waals surface area contributed by atoms with E-state index in [4.69, 9.17) is 5.73 Å². The van der Waals surface area contributed by atoms with Gasteiger partial charge in [-0.3, -0.25) is 4.79 Å². The molecule has 6 heteroatoms. The number of nitrogens with two attached hydrogens (primary N) is 1. The number of para-hydroxylation sites is 1. The lowest BCUT2D eigenvalue weighted by Crippen LogP contribution is -2.10. The highest BCUT2D eigenvalue weighted by Crippen LogP contribution is 2.32. The standard InChI is InChI=1S/C15H10Br2N2OS/c16-10-2-1-3-11(17)14(10)19-15(20)13-7-8-6-9(18)4-5-12(8)21-13/h1-7H,18H2,(H,19,20). The fraction of sp³-hybridized carbons (Fsp3) is 0. The summed E-state index contributed by atoms with van der Waals surface area (Å²) in [4.78, 5) is 13.1. The van der Waals surface area contributed by atoms with Crippen LogP contribution in [0.1, 0.15) is 9.67 Å². The number of carbonyl (C=O) groups is 1. The maximum absolute atomic E-state index is 12.4. The Labute approximate surface area is 142 Å². The van der Waals surface area contributed by atoms with E-state index in [1.54, 1.807) is 0 Å². The summed E-state index contributed by atoms with van der Waals surface area (Å²) in [6.45, 7) is 0. The van der Waals surface area contributed by atoms with Crippen LogP contribution in [0, 0.1) is 0 Å². The molecule has 0 unspecified atom stereocenters. The van der Waals surface area contributed by atoms with Crippen LogP contribution in [0.4, 0.5) is 11.4 Å². The summed E-state index contributed by atoms with van der Waals surface area (Å²) in [7, 11) is 0. The van der Waals surface area contributed by atoms with E-state index in [9.17, 15) is 4.79 Å². The molecule has 0 saturated carbocycles. The minimum atomic E-state index is -0.137. The lowest BCUT2D eigenvalue weighted by atomic mass is 10.2. The van der Waals surface area contributed by atoms with E-state index in [2.05, 4.69) is 37.2 Å². The van der Waals surface area contributed by atoms with E-state index in [0.717, 1.165) is 24.7 Å². The van der Waals surface area contributed by atoms with Crippen LogP contribution in [0.3, 0.4) is 0 Å². The van der Waals surface area contributed by atoms with Crippen molar-refractivity contribution in [2.24, 2.45) is 0 Å². The normalized spacial score (nSPS) is 10.8. The molecule has 0 aliphatic rings. The monoisotopic (exact) mass is 424 g/mol. The average Bonchev–Trinajstić information content (AvgIpc) is 2.86. The fourth-order valence-corrected chi connectivity index (χ4v) is 4.10. The predicted octanol–water partition coefficient (Wildman–Crippen LogP) is 5.26. The first kappa shape index (κ1) is 14.6. The predicted molar refractivity (Wildman–Crippen MR) is 96.0 cm³/mol. The smallest absolute Gasteiger partial charge is 0.265 e. The highest BCUT2D eigenvalue weighted by atomic mass is 79.9. The molecule has 0 bridgehead atoms. The van der Waals surface area contributed by atoms with E-state index in [1.165, 1.54) is 11.3 Å². The Bertz CT molecular complexity index is 825. The van der Waals surface area contributed by atoms with E-state index in [0.29, 0.717) is 10.6 Å². The number of rotatable bonds is 2. The van der Waals surface area contributed by atoms with Crippen LogP contribution in [-0.2, 0) is 0 Å². The molecule has 0 fully saturated rings. The zero-order valence-electron chi connectivity index (χ0n) is 10.7. The number of benzene rings is 2. The molecule has 3 aromatic rings. The summed E-state index contributed by atoms with van der Waals surface area (Å²) in [5, 5.41) is 3.90. The number of amides is 1. The summed E-state index contributed by atoms with van der Waals surface area (Å²) in [5.74, 6) is -0.137. The van der Waals surface area contributed by atoms with Gasteiger partial charge in [-0.15, -0.1) is 11.3 Å². The first-order valence-corrected chi connectivity index (χ1v) is 8.49. The van der Waals surface area contributed by atoms with Crippen molar-refractivity contribution in [1.82, 2.24) is 0 Å². The number of nitrogen functional groups attached to an aromatic ring is 1. The second kappa shape index (κ2) is 5.79. The summed E-state index contributed by atoms with van der Waals surface area (Å²) in [6, 6.07) is 13.2. The van der Waals surface area contributed by atoms with Crippen molar-refractivity contribution in [2.45, 2.75) is 0 Å². The lowest BCUT2D eigenvalue weighted by Gasteiger charge is -2.08. The topological polar surface area (TPSA) is 55.1 Å². The first-order valence-electron chi connectivity index (χ1n) is 6.09. The van der Waals surface area contributed by atoms with Crippen LogP contribution in [-0.4, -0.2) is 5.91 Å². The van der Waals surface area contributed by atoms with Crippen LogP contribution in [0.25, 0.3) is 10.1 Å². The molecule has 0 atom stereocenters. The van der Waals surface area contributed by atoms with Crippen molar-refractivity contribution in [3.05, 3.63) is 56.3 Å². The second-order valence-corrected chi connectivity index (χ2v) is 7.25. The zero-order valence-corrected chi connectivity index (χ0v) is 14.7. The highest BCUT2D eigenvalue weighted by Gasteiger charge is 2.13. The Morgan fingerprint density at radius 1 is 1.10 bits per heavy atom. The fourth-order valence-electron chi connectivity index (χ4n) is 1.97. The van der Waals surface area contributed by atoms with Gasteiger partial charge in [0, 0.05) is 19.3 Å². The first-order chi connectivity index (χ1) is 10.0. The van der Waals surface area contributed by atoms with Gasteiger partial charge in [0.05, 0.1) is 10.6 Å². The van der Waals surface area contributed by atoms with Gasteiger partial charge < -0.3 is 11.1 Å². The maximum Gasteiger partial charge on any atom is 0.265 e. The molecule has 3 nitrogen and oxygen atoms in total. The van der Waals surface area contributed by atoms with Gasteiger partial charge in [0.1, 0.15) is 0 Å². The van der Waals surface area contributed by atoms with E-state index < -0.39 is 0 Å². The zero-order chi connectivity index (χ0) is 15.0. The van der Waals surface area contributed by atoms with Gasteiger partial charge in [0.2, 0.25) is 0 Å². The quantitative estimate of drug-likeness (QED) is 0.550. The number of fused-ring (bicyclic) bond motifs is 1. The molecule has 21 heavy (non-hydrogen) atoms. The number of carbonyl (C=O) groups excluding carboxylic acids is 1. The van der Waals surface area contributed by atoms with Gasteiger partial charge in [-0.05, 0) is 73.6 Å². The third-order valence-corrected chi connectivity index (χ3v) is 5.40. The van der Waals surface area contributed by atoms with E-state index in [-0.39, 0.29) is 5.91 Å². The SMILES string of the molecule is Nc1ccc2sc(C(=O)Nc3c(Br)cccc3Br)cc2c1. The van der Waals surface area contributed by atoms with Gasteiger partial charge in [0.25, 0.3) is 5.91 Å². The van der Waals surface area contributed by atoms with E-state index >= 15 is 0 Å². The third-order valence-electron chi connectivity index (χ3n) is 2.97. The Morgan fingerprint density at radius 2 is 1.81 bits per heavy atom. The molecule has 3 rings (SSSR count). The van der Waals surface area contributed by atoms with Crippen LogP contribution >= 0.6 is 43.2 Å². The molecule has 1 heterocycles. The van der Waals surface area contributed by atoms with Gasteiger partial charge in [0.15, 0.2) is 0 Å². The van der Waals surface area contributed by atoms with Crippen LogP contribution in [0.5, 0.6) is 0 Å². The number of anilines is 2. The number of nitrogens with one attached hydrogen (secondary N) is 1. The molecule has 3 N–H and O–H groups in total. The second-order valence-electron chi connectivity index (χ2n) is 4.46. The molecule has 1 amide bonds. The Hall–Kier alpha value is -1.37. The van der Waals surface area contributed by atoms with Crippen LogP contribution in [0.2, 0.25) is 0 Å². The van der Waals surface area contributed by atoms with Crippen molar-refractivity contribution >= 4 is 70.6 Å². The third kappa shape index (κ3) is 2.97. The molecule has 0 saturated heterocycles. The Kier molecular flexibility index (Phi) is 4.01. The molecule has 0 aliphatic heterocycles. The van der Waals surface area contributed by atoms with Gasteiger partial charge in [-0.2, -0.15) is 0 Å². The van der Waals surface area contributed by atoms with Gasteiger partial charge >= 0.3 is 0 Å². The molecule has 1 aromatic heterocycles. The molecule has 0 aliphatic carbocycles. The molecule has 106 valence electrons. The summed E-state index contributed by atoms with van der Waals surface area (Å²) in [5.41, 5.74) is 7.18. The summed E-state index contributed by atoms with van der Waals surface area (Å²) in [6.07, 6.45) is 0. The van der Waals surface area contributed by atoms with Crippen molar-refractivity contribution in [2.75, 3.05) is 11.1 Å². The van der Waals surface area contributed by atoms with Crippen LogP contribution < -0.4 is 11.1 Å². The molecule has 0 radical (unpaired) electrons. The van der Waals surface area contributed by atoms with E-state index in [1.807, 2.05) is 42.5 Å². The minimum absolute atomic E-state index is 0.137. The Balaban J connectivity index is 1.94. The molecule has 2 aromatic carbocycles. The van der Waals surface area contributed by atoms with Crippen molar-refractivity contribution < 1.29 is 4.79 Å². The molecule has 0 spiro atoms. The van der Waals surface area contributed by atoms with Gasteiger partial charge in [-0.25, -0.2) is 0 Å². The highest BCUT2D eigenvalue weighted by molar-refractivity contribution is 9.11. The number of thiophene rings is 1. The van der Waals surface area contributed by atoms with Crippen molar-refractivity contribution in [3.63, 3.8) is 0 Å². The maximum atomic E-state index is 12.4. The average molecular weight is 426 g/mol. The number of hydrogen-bond acceptors (Lipinski definition) is 3. The number of halogens is 2. The lowest BCUT2D eigenvalue weighted by molar-refractivity contribution is 0.103. The molecular weight excluding hydrogens is 416 g/mol. The number of hydrogen-bond donors (Lipinski definition) is 2. The van der Waals surface area contributed by atoms with Crippen molar-refractivity contribution in [1.29, 1.82) is 0 Å². The molecular formula is C15H10Br2N2OS. The van der Waals surface area contributed by atoms with Gasteiger partial charge in [-0.1, -0.05) is 6.07 Å². The summed E-state index contributed by atoms with van der Waals surface area (Å²) >= 11 is 8.32. The van der Waals surface area contributed by atoms with Crippen molar-refractivity contribution in [3.8, 4) is 0 Å². The van der Waals surface area contributed by atoms with Crippen LogP contribution in [0.15, 0.2) is 51.4 Å². The summed E-state index contributed by atoms with van der Waals surface area (Å²) < 4.78 is 2.70.